The van der Waals surface area contributed by atoms with Crippen molar-refractivity contribution in [3.05, 3.63) is 0 Å². The maximum absolute atomic E-state index is 5.55. The van der Waals surface area contributed by atoms with Gasteiger partial charge in [-0.25, -0.2) is 0 Å². The predicted molar refractivity (Wildman–Crippen MR) is 131 cm³/mol. The third-order valence-electron chi connectivity index (χ3n) is 6.92. The molecule has 0 aromatic heterocycles. The zero-order valence-electron chi connectivity index (χ0n) is 18.8. The second-order valence-electron chi connectivity index (χ2n) is 9.15. The molecule has 0 radical (unpaired) electrons. The zero-order valence-corrected chi connectivity index (χ0v) is 21.1. The van der Waals surface area contributed by atoms with Gasteiger partial charge in [0.1, 0.15) is 0 Å². The van der Waals surface area contributed by atoms with Gasteiger partial charge in [-0.3, -0.25) is 14.8 Å². The van der Waals surface area contributed by atoms with Crippen LogP contribution < -0.4 is 10.6 Å². The number of likely N-dealkylation sites (N-methyl/N-ethyl adjacent to an activating group) is 2. The van der Waals surface area contributed by atoms with E-state index in [2.05, 4.69) is 44.4 Å². The van der Waals surface area contributed by atoms with Crippen molar-refractivity contribution in [2.75, 3.05) is 86.7 Å². The van der Waals surface area contributed by atoms with Crippen LogP contribution in [0.3, 0.4) is 0 Å². The second-order valence-corrected chi connectivity index (χ2v) is 9.15. The fourth-order valence-electron chi connectivity index (χ4n) is 4.95. The summed E-state index contributed by atoms with van der Waals surface area (Å²) in [5.74, 6) is 0.952. The van der Waals surface area contributed by atoms with Gasteiger partial charge in [0.05, 0.1) is 13.2 Å². The first kappa shape index (κ1) is 25.1. The number of ether oxygens (including phenoxy) is 1. The molecule has 3 fully saturated rings. The number of rotatable bonds is 6. The lowest BCUT2D eigenvalue weighted by molar-refractivity contribution is 0.00819. The van der Waals surface area contributed by atoms with E-state index in [4.69, 9.17) is 4.74 Å². The van der Waals surface area contributed by atoms with E-state index in [9.17, 15) is 0 Å². The number of piperazine rings is 1. The molecule has 2 saturated heterocycles. The molecule has 1 atom stereocenters. The standard InChI is InChI=1S/C21H42N6O.HI/c1-22-20(23-15-19-16-25(2)9-10-26(19)3)24-17-21(7-5-4-6-8-21)18-27-11-13-28-14-12-27;/h19H,4-18H2,1-3H3,(H2,22,23,24);1H. The van der Waals surface area contributed by atoms with Crippen molar-refractivity contribution in [2.24, 2.45) is 10.4 Å². The van der Waals surface area contributed by atoms with Gasteiger partial charge in [-0.2, -0.15) is 0 Å². The van der Waals surface area contributed by atoms with E-state index in [-0.39, 0.29) is 24.0 Å². The summed E-state index contributed by atoms with van der Waals surface area (Å²) >= 11 is 0. The van der Waals surface area contributed by atoms with E-state index >= 15 is 0 Å². The van der Waals surface area contributed by atoms with Gasteiger partial charge in [-0.1, -0.05) is 19.3 Å². The van der Waals surface area contributed by atoms with E-state index in [1.54, 1.807) is 0 Å². The number of guanidine groups is 1. The molecular formula is C21H43IN6O. The van der Waals surface area contributed by atoms with E-state index in [0.717, 1.165) is 65.0 Å². The monoisotopic (exact) mass is 522 g/mol. The van der Waals surface area contributed by atoms with Gasteiger partial charge in [-0.05, 0) is 26.9 Å². The minimum Gasteiger partial charge on any atom is -0.379 e. The van der Waals surface area contributed by atoms with E-state index in [1.165, 1.54) is 38.6 Å². The van der Waals surface area contributed by atoms with Crippen molar-refractivity contribution in [3.8, 4) is 0 Å². The number of nitrogens with zero attached hydrogens (tertiary/aromatic N) is 4. The Morgan fingerprint density at radius 3 is 2.45 bits per heavy atom. The van der Waals surface area contributed by atoms with Crippen LogP contribution >= 0.6 is 24.0 Å². The number of nitrogens with one attached hydrogen (secondary N) is 2. The van der Waals surface area contributed by atoms with E-state index < -0.39 is 0 Å². The summed E-state index contributed by atoms with van der Waals surface area (Å²) in [7, 11) is 6.34. The lowest BCUT2D eigenvalue weighted by Gasteiger charge is -2.42. The molecule has 2 N–H and O–H groups in total. The Kier molecular flexibility index (Phi) is 10.9. The Morgan fingerprint density at radius 2 is 1.76 bits per heavy atom. The van der Waals surface area contributed by atoms with Gasteiger partial charge in [0.25, 0.3) is 0 Å². The molecule has 3 rings (SSSR count). The summed E-state index contributed by atoms with van der Waals surface area (Å²) in [4.78, 5) is 12.0. The molecule has 1 saturated carbocycles. The lowest BCUT2D eigenvalue weighted by atomic mass is 9.73. The Balaban J connectivity index is 0.00000300. The molecule has 0 bridgehead atoms. The summed E-state index contributed by atoms with van der Waals surface area (Å²) in [6.07, 6.45) is 6.75. The summed E-state index contributed by atoms with van der Waals surface area (Å²) in [5.41, 5.74) is 0.370. The SMILES string of the molecule is CN=C(NCC1CN(C)CCN1C)NCC1(CN2CCOCC2)CCCCC1.I. The normalized spacial score (nSPS) is 27.3. The van der Waals surface area contributed by atoms with Gasteiger partial charge in [0.15, 0.2) is 5.96 Å². The first-order chi connectivity index (χ1) is 13.6. The fraction of sp³-hybridized carbons (Fsp3) is 0.952. The topological polar surface area (TPSA) is 55.4 Å². The first-order valence-corrected chi connectivity index (χ1v) is 11.2. The Morgan fingerprint density at radius 1 is 1.03 bits per heavy atom. The molecule has 3 aliphatic rings. The summed E-state index contributed by atoms with van der Waals surface area (Å²) in [5, 5.41) is 7.27. The first-order valence-electron chi connectivity index (χ1n) is 11.2. The average molecular weight is 523 g/mol. The molecule has 0 aromatic rings. The second kappa shape index (κ2) is 12.6. The molecule has 8 heteroatoms. The van der Waals surface area contributed by atoms with Crippen molar-refractivity contribution in [3.63, 3.8) is 0 Å². The van der Waals surface area contributed by atoms with E-state index in [1.807, 2.05) is 7.05 Å². The third-order valence-corrected chi connectivity index (χ3v) is 6.92. The number of hydrogen-bond acceptors (Lipinski definition) is 5. The van der Waals surface area contributed by atoms with Crippen molar-refractivity contribution in [2.45, 2.75) is 38.1 Å². The van der Waals surface area contributed by atoms with Gasteiger partial charge >= 0.3 is 0 Å². The van der Waals surface area contributed by atoms with Gasteiger partial charge < -0.3 is 20.3 Å². The Hall–Kier alpha value is -0.160. The molecule has 7 nitrogen and oxygen atoms in total. The highest BCUT2D eigenvalue weighted by Crippen LogP contribution is 2.36. The van der Waals surface area contributed by atoms with Crippen LogP contribution in [0.25, 0.3) is 0 Å². The summed E-state index contributed by atoms with van der Waals surface area (Å²) in [6.45, 7) is 10.5. The van der Waals surface area contributed by atoms with Crippen LogP contribution in [-0.2, 0) is 4.74 Å². The van der Waals surface area contributed by atoms with Gasteiger partial charge in [0.2, 0.25) is 0 Å². The molecule has 29 heavy (non-hydrogen) atoms. The van der Waals surface area contributed by atoms with Gasteiger partial charge in [-0.15, -0.1) is 24.0 Å². The van der Waals surface area contributed by atoms with Crippen LogP contribution in [0.2, 0.25) is 0 Å². The molecule has 1 aliphatic carbocycles. The molecular weight excluding hydrogens is 479 g/mol. The van der Waals surface area contributed by atoms with E-state index in [0.29, 0.717) is 11.5 Å². The molecule has 170 valence electrons. The molecule has 0 spiro atoms. The lowest BCUT2D eigenvalue weighted by Crippen LogP contribution is -2.56. The highest BCUT2D eigenvalue weighted by atomic mass is 127. The maximum Gasteiger partial charge on any atom is 0.191 e. The molecule has 1 unspecified atom stereocenters. The van der Waals surface area contributed by atoms with Crippen LogP contribution in [0.1, 0.15) is 32.1 Å². The predicted octanol–water partition coefficient (Wildman–Crippen LogP) is 1.30. The Bertz CT molecular complexity index is 494. The molecule has 0 amide bonds. The Labute approximate surface area is 195 Å². The average Bonchev–Trinajstić information content (AvgIpc) is 2.72. The zero-order chi connectivity index (χ0) is 19.8. The number of aliphatic imine (C=N–C) groups is 1. The largest absolute Gasteiger partial charge is 0.379 e. The van der Waals surface area contributed by atoms with Crippen molar-refractivity contribution in [1.29, 1.82) is 0 Å². The minimum absolute atomic E-state index is 0. The van der Waals surface area contributed by atoms with Gasteiger partial charge in [0, 0.05) is 70.9 Å². The van der Waals surface area contributed by atoms with Crippen LogP contribution in [0.4, 0.5) is 0 Å². The quantitative estimate of drug-likeness (QED) is 0.312. The van der Waals surface area contributed by atoms with Crippen molar-refractivity contribution >= 4 is 29.9 Å². The number of hydrogen-bond donors (Lipinski definition) is 2. The summed E-state index contributed by atoms with van der Waals surface area (Å²) in [6, 6.07) is 0.536. The fourth-order valence-corrected chi connectivity index (χ4v) is 4.95. The molecule has 2 aliphatic heterocycles. The summed E-state index contributed by atoms with van der Waals surface area (Å²) < 4.78 is 5.55. The van der Waals surface area contributed by atoms with Crippen molar-refractivity contribution < 1.29 is 4.74 Å². The number of morpholine rings is 1. The smallest absolute Gasteiger partial charge is 0.191 e. The highest BCUT2D eigenvalue weighted by Gasteiger charge is 2.34. The maximum atomic E-state index is 5.55. The third kappa shape index (κ3) is 7.79. The minimum atomic E-state index is 0. The van der Waals surface area contributed by atoms with Crippen LogP contribution in [0.5, 0.6) is 0 Å². The number of halogens is 1. The van der Waals surface area contributed by atoms with Crippen LogP contribution in [0.15, 0.2) is 4.99 Å². The highest BCUT2D eigenvalue weighted by molar-refractivity contribution is 14.0. The van der Waals surface area contributed by atoms with Crippen LogP contribution in [0, 0.1) is 5.41 Å². The molecule has 2 heterocycles. The van der Waals surface area contributed by atoms with Crippen molar-refractivity contribution in [1.82, 2.24) is 25.3 Å². The molecule has 0 aromatic carbocycles. The van der Waals surface area contributed by atoms with Crippen LogP contribution in [-0.4, -0.2) is 113 Å².